The second kappa shape index (κ2) is 5.17. The van der Waals surface area contributed by atoms with E-state index in [0.29, 0.717) is 0 Å². The number of carboxylic acid groups (broad SMARTS) is 1. The SMILES string of the molecule is CC(=O)N(C1CC1)C(C(=O)O)c1cc(Cl)ccc1F. The van der Waals surface area contributed by atoms with E-state index in [9.17, 15) is 19.1 Å². The van der Waals surface area contributed by atoms with Crippen molar-refractivity contribution in [2.45, 2.75) is 31.8 Å². The van der Waals surface area contributed by atoms with Crippen LogP contribution in [-0.2, 0) is 9.59 Å². The van der Waals surface area contributed by atoms with Crippen LogP contribution in [0.5, 0.6) is 0 Å². The van der Waals surface area contributed by atoms with Gasteiger partial charge in [-0.15, -0.1) is 0 Å². The summed E-state index contributed by atoms with van der Waals surface area (Å²) in [6.45, 7) is 1.29. The summed E-state index contributed by atoms with van der Waals surface area (Å²) in [6, 6.07) is 2.25. The normalized spacial score (nSPS) is 15.9. The molecular formula is C13H13ClFNO3. The van der Waals surface area contributed by atoms with Crippen LogP contribution in [0.3, 0.4) is 0 Å². The minimum Gasteiger partial charge on any atom is -0.479 e. The third kappa shape index (κ3) is 2.87. The highest BCUT2D eigenvalue weighted by Gasteiger charge is 2.41. The van der Waals surface area contributed by atoms with E-state index in [4.69, 9.17) is 11.6 Å². The Morgan fingerprint density at radius 3 is 2.58 bits per heavy atom. The Hall–Kier alpha value is -1.62. The minimum atomic E-state index is -1.33. The van der Waals surface area contributed by atoms with Gasteiger partial charge < -0.3 is 10.0 Å². The van der Waals surface area contributed by atoms with Crippen molar-refractivity contribution >= 4 is 23.5 Å². The molecule has 0 radical (unpaired) electrons. The zero-order valence-corrected chi connectivity index (χ0v) is 11.0. The quantitative estimate of drug-likeness (QED) is 0.925. The van der Waals surface area contributed by atoms with Gasteiger partial charge >= 0.3 is 5.97 Å². The summed E-state index contributed by atoms with van der Waals surface area (Å²) in [7, 11) is 0. The van der Waals surface area contributed by atoms with Crippen LogP contribution in [-0.4, -0.2) is 27.9 Å². The van der Waals surface area contributed by atoms with Gasteiger partial charge in [0.15, 0.2) is 6.04 Å². The zero-order chi connectivity index (χ0) is 14.2. The lowest BCUT2D eigenvalue weighted by Gasteiger charge is -2.28. The van der Waals surface area contributed by atoms with Crippen molar-refractivity contribution in [3.05, 3.63) is 34.6 Å². The summed E-state index contributed by atoms with van der Waals surface area (Å²) in [5, 5.41) is 9.57. The molecule has 1 aromatic rings. The number of benzene rings is 1. The van der Waals surface area contributed by atoms with Crippen LogP contribution in [0.2, 0.25) is 5.02 Å². The third-order valence-corrected chi connectivity index (χ3v) is 3.30. The van der Waals surface area contributed by atoms with Gasteiger partial charge in [-0.05, 0) is 31.0 Å². The minimum absolute atomic E-state index is 0.0814. The maximum Gasteiger partial charge on any atom is 0.331 e. The first kappa shape index (κ1) is 13.8. The summed E-state index contributed by atoms with van der Waals surface area (Å²) in [6.07, 6.45) is 1.48. The Balaban J connectivity index is 2.47. The van der Waals surface area contributed by atoms with E-state index in [1.54, 1.807) is 0 Å². The number of amides is 1. The lowest BCUT2D eigenvalue weighted by molar-refractivity contribution is -0.150. The third-order valence-electron chi connectivity index (χ3n) is 3.07. The molecule has 0 aliphatic heterocycles. The van der Waals surface area contributed by atoms with Crippen molar-refractivity contribution in [2.75, 3.05) is 0 Å². The molecule has 0 aromatic heterocycles. The monoisotopic (exact) mass is 285 g/mol. The predicted molar refractivity (Wildman–Crippen MR) is 67.3 cm³/mol. The molecule has 0 saturated heterocycles. The fraction of sp³-hybridized carbons (Fsp3) is 0.385. The van der Waals surface area contributed by atoms with E-state index in [-0.39, 0.29) is 22.5 Å². The smallest absolute Gasteiger partial charge is 0.331 e. The number of aliphatic carboxylic acids is 1. The van der Waals surface area contributed by atoms with Crippen molar-refractivity contribution in [3.63, 3.8) is 0 Å². The summed E-state index contributed by atoms with van der Waals surface area (Å²) >= 11 is 5.78. The zero-order valence-electron chi connectivity index (χ0n) is 10.3. The number of carbonyl (C=O) groups excluding carboxylic acids is 1. The van der Waals surface area contributed by atoms with Gasteiger partial charge in [-0.2, -0.15) is 0 Å². The second-order valence-electron chi connectivity index (χ2n) is 4.56. The lowest BCUT2D eigenvalue weighted by atomic mass is 10.0. The van der Waals surface area contributed by atoms with Crippen LogP contribution in [0.4, 0.5) is 4.39 Å². The molecule has 1 N–H and O–H groups in total. The maximum atomic E-state index is 13.8. The molecule has 1 amide bonds. The maximum absolute atomic E-state index is 13.8. The Labute approximate surface area is 114 Å². The van der Waals surface area contributed by atoms with Crippen molar-refractivity contribution in [2.24, 2.45) is 0 Å². The Morgan fingerprint density at radius 1 is 1.47 bits per heavy atom. The average Bonchev–Trinajstić information content (AvgIpc) is 3.12. The number of rotatable bonds is 4. The molecule has 1 aliphatic rings. The number of hydrogen-bond acceptors (Lipinski definition) is 2. The van der Waals surface area contributed by atoms with Crippen LogP contribution >= 0.6 is 11.6 Å². The fourth-order valence-electron chi connectivity index (χ4n) is 2.13. The molecule has 19 heavy (non-hydrogen) atoms. The molecule has 0 spiro atoms. The van der Waals surface area contributed by atoms with Crippen molar-refractivity contribution < 1.29 is 19.1 Å². The van der Waals surface area contributed by atoms with Gasteiger partial charge in [-0.25, -0.2) is 9.18 Å². The van der Waals surface area contributed by atoms with Crippen molar-refractivity contribution in [1.29, 1.82) is 0 Å². The highest BCUT2D eigenvalue weighted by atomic mass is 35.5. The number of nitrogens with zero attached hydrogens (tertiary/aromatic N) is 1. The van der Waals surface area contributed by atoms with E-state index >= 15 is 0 Å². The first-order valence-corrected chi connectivity index (χ1v) is 6.26. The van der Waals surface area contributed by atoms with Gasteiger partial charge in [0, 0.05) is 23.6 Å². The molecule has 1 fully saturated rings. The summed E-state index contributed by atoms with van der Waals surface area (Å²) < 4.78 is 13.8. The van der Waals surface area contributed by atoms with Crippen LogP contribution in [0, 0.1) is 5.82 Å². The molecule has 4 nitrogen and oxygen atoms in total. The van der Waals surface area contributed by atoms with E-state index in [0.717, 1.165) is 18.9 Å². The number of carbonyl (C=O) groups is 2. The van der Waals surface area contributed by atoms with Crippen molar-refractivity contribution in [3.8, 4) is 0 Å². The number of halogens is 2. The first-order chi connectivity index (χ1) is 8.91. The van der Waals surface area contributed by atoms with Gasteiger partial charge in [-0.3, -0.25) is 4.79 Å². The van der Waals surface area contributed by atoms with E-state index < -0.39 is 17.8 Å². The molecule has 1 aliphatic carbocycles. The highest BCUT2D eigenvalue weighted by molar-refractivity contribution is 6.30. The Bertz CT molecular complexity index is 531. The summed E-state index contributed by atoms with van der Waals surface area (Å²) in [4.78, 5) is 24.3. The van der Waals surface area contributed by atoms with Crippen molar-refractivity contribution in [1.82, 2.24) is 4.90 Å². The molecule has 0 bridgehead atoms. The van der Waals surface area contributed by atoms with Gasteiger partial charge in [0.05, 0.1) is 0 Å². The molecule has 1 unspecified atom stereocenters. The number of carboxylic acids is 1. The molecule has 1 aromatic carbocycles. The van der Waals surface area contributed by atoms with E-state index in [1.165, 1.54) is 24.0 Å². The largest absolute Gasteiger partial charge is 0.479 e. The average molecular weight is 286 g/mol. The summed E-state index contributed by atoms with van der Waals surface area (Å²) in [5.41, 5.74) is -0.0814. The molecule has 0 heterocycles. The van der Waals surface area contributed by atoms with Crippen LogP contribution in [0.25, 0.3) is 0 Å². The molecule has 1 saturated carbocycles. The van der Waals surface area contributed by atoms with Gasteiger partial charge in [0.1, 0.15) is 5.82 Å². The van der Waals surface area contributed by atoms with Gasteiger partial charge in [0.2, 0.25) is 5.91 Å². The van der Waals surface area contributed by atoms with Crippen LogP contribution < -0.4 is 0 Å². The predicted octanol–water partition coefficient (Wildman–Crippen LogP) is 2.62. The van der Waals surface area contributed by atoms with Gasteiger partial charge in [0.25, 0.3) is 0 Å². The van der Waals surface area contributed by atoms with Crippen LogP contribution in [0.1, 0.15) is 31.4 Å². The first-order valence-electron chi connectivity index (χ1n) is 5.88. The number of hydrogen-bond donors (Lipinski definition) is 1. The molecular weight excluding hydrogens is 273 g/mol. The lowest BCUT2D eigenvalue weighted by Crippen LogP contribution is -2.39. The van der Waals surface area contributed by atoms with Crippen LogP contribution in [0.15, 0.2) is 18.2 Å². The topological polar surface area (TPSA) is 57.6 Å². The second-order valence-corrected chi connectivity index (χ2v) is 5.00. The molecule has 6 heteroatoms. The summed E-state index contributed by atoms with van der Waals surface area (Å²) in [5.74, 6) is -2.32. The standard InChI is InChI=1S/C13H13ClFNO3/c1-7(17)16(9-3-4-9)12(13(18)19)10-6-8(14)2-5-11(10)15/h2,5-6,9,12H,3-4H2,1H3,(H,18,19). The van der Waals surface area contributed by atoms with E-state index in [2.05, 4.69) is 0 Å². The highest BCUT2D eigenvalue weighted by Crippen LogP contribution is 2.36. The molecule has 102 valence electrons. The Morgan fingerprint density at radius 2 is 2.11 bits per heavy atom. The van der Waals surface area contributed by atoms with Gasteiger partial charge in [-0.1, -0.05) is 11.6 Å². The van der Waals surface area contributed by atoms with E-state index in [1.807, 2.05) is 0 Å². The molecule has 1 atom stereocenters. The Kier molecular flexibility index (Phi) is 3.75. The molecule has 2 rings (SSSR count). The fourth-order valence-corrected chi connectivity index (χ4v) is 2.31.